The molecule has 5 atom stereocenters. The maximum atomic E-state index is 10.2. The number of hydrogen-bond donors (Lipinski definition) is 1. The largest absolute Gasteiger partial charge is 0.382 e. The van der Waals surface area contributed by atoms with Gasteiger partial charge in [0, 0.05) is 28.4 Å². The van der Waals surface area contributed by atoms with Crippen LogP contribution < -0.4 is 0 Å². The molecule has 6 heteroatoms. The molecule has 1 fully saturated rings. The standard InChI is InChI=1S/C11H22O6/c1-11(12)10(16-5)9(15-4)8(14-3)7(17-11)6-13-2/h7-10,12H,6H2,1-5H3/t7-,8-,9+,10-,11+/m1/s1. The summed E-state index contributed by atoms with van der Waals surface area (Å²) < 4.78 is 26.6. The van der Waals surface area contributed by atoms with E-state index in [0.29, 0.717) is 6.61 Å². The van der Waals surface area contributed by atoms with Crippen molar-refractivity contribution >= 4 is 0 Å². The summed E-state index contributed by atoms with van der Waals surface area (Å²) in [6.45, 7) is 1.85. The summed E-state index contributed by atoms with van der Waals surface area (Å²) in [6.07, 6.45) is -1.80. The third-order valence-electron chi connectivity index (χ3n) is 3.04. The lowest BCUT2D eigenvalue weighted by Gasteiger charge is -2.47. The smallest absolute Gasteiger partial charge is 0.192 e. The van der Waals surface area contributed by atoms with Crippen molar-refractivity contribution in [2.45, 2.75) is 37.1 Å². The molecule has 1 N–H and O–H groups in total. The highest BCUT2D eigenvalue weighted by molar-refractivity contribution is 4.96. The molecular weight excluding hydrogens is 228 g/mol. The maximum Gasteiger partial charge on any atom is 0.192 e. The van der Waals surface area contributed by atoms with Crippen LogP contribution in [0.1, 0.15) is 6.92 Å². The van der Waals surface area contributed by atoms with Crippen LogP contribution in [0.25, 0.3) is 0 Å². The van der Waals surface area contributed by atoms with Gasteiger partial charge in [-0.05, 0) is 6.92 Å². The zero-order valence-corrected chi connectivity index (χ0v) is 11.0. The average molecular weight is 250 g/mol. The van der Waals surface area contributed by atoms with Gasteiger partial charge in [0.1, 0.15) is 24.4 Å². The zero-order chi connectivity index (χ0) is 13.1. The van der Waals surface area contributed by atoms with Crippen molar-refractivity contribution in [2.75, 3.05) is 35.0 Å². The predicted octanol–water partition coefficient (Wildman–Crippen LogP) is -0.215. The molecule has 0 aromatic heterocycles. The molecule has 6 nitrogen and oxygen atoms in total. The molecule has 0 aliphatic carbocycles. The van der Waals surface area contributed by atoms with Crippen molar-refractivity contribution in [1.29, 1.82) is 0 Å². The van der Waals surface area contributed by atoms with Crippen LogP contribution in [0.5, 0.6) is 0 Å². The Morgan fingerprint density at radius 1 is 1.06 bits per heavy atom. The second-order valence-corrected chi connectivity index (χ2v) is 4.22. The number of rotatable bonds is 5. The Hall–Kier alpha value is -0.240. The molecule has 1 rings (SSSR count). The number of aliphatic hydroxyl groups is 1. The van der Waals surface area contributed by atoms with Crippen molar-refractivity contribution in [2.24, 2.45) is 0 Å². The average Bonchev–Trinajstić information content (AvgIpc) is 2.27. The van der Waals surface area contributed by atoms with E-state index in [1.807, 2.05) is 0 Å². The quantitative estimate of drug-likeness (QED) is 0.728. The van der Waals surface area contributed by atoms with E-state index in [1.165, 1.54) is 7.11 Å². The van der Waals surface area contributed by atoms with E-state index in [9.17, 15) is 5.11 Å². The van der Waals surface area contributed by atoms with Gasteiger partial charge < -0.3 is 28.8 Å². The van der Waals surface area contributed by atoms with E-state index in [-0.39, 0.29) is 6.10 Å². The van der Waals surface area contributed by atoms with Crippen LogP contribution in [0.15, 0.2) is 0 Å². The number of ether oxygens (including phenoxy) is 5. The van der Waals surface area contributed by atoms with Crippen molar-refractivity contribution in [3.05, 3.63) is 0 Å². The SMILES string of the molecule is COC[C@H]1O[C@](C)(O)[C@H](OC)[C@@H](OC)[C@@H]1OC. The molecule has 1 heterocycles. The highest BCUT2D eigenvalue weighted by atomic mass is 16.7. The first-order chi connectivity index (χ1) is 8.01. The number of hydrogen-bond acceptors (Lipinski definition) is 6. The first-order valence-corrected chi connectivity index (χ1v) is 5.49. The first-order valence-electron chi connectivity index (χ1n) is 5.49. The fraction of sp³-hybridized carbons (Fsp3) is 1.00. The molecule has 0 saturated carbocycles. The highest BCUT2D eigenvalue weighted by Gasteiger charge is 2.52. The van der Waals surface area contributed by atoms with Crippen molar-refractivity contribution in [3.63, 3.8) is 0 Å². The molecule has 0 aromatic rings. The van der Waals surface area contributed by atoms with Crippen molar-refractivity contribution in [3.8, 4) is 0 Å². The minimum Gasteiger partial charge on any atom is -0.382 e. The molecule has 0 amide bonds. The lowest BCUT2D eigenvalue weighted by atomic mass is 9.93. The van der Waals surface area contributed by atoms with Gasteiger partial charge in [-0.25, -0.2) is 0 Å². The van der Waals surface area contributed by atoms with Crippen LogP contribution in [0.4, 0.5) is 0 Å². The van der Waals surface area contributed by atoms with E-state index >= 15 is 0 Å². The number of methoxy groups -OCH3 is 4. The third-order valence-corrected chi connectivity index (χ3v) is 3.04. The van der Waals surface area contributed by atoms with Gasteiger partial charge in [-0.1, -0.05) is 0 Å². The summed E-state index contributed by atoms with van der Waals surface area (Å²) in [5.74, 6) is -1.44. The minimum atomic E-state index is -1.44. The topological polar surface area (TPSA) is 66.4 Å². The van der Waals surface area contributed by atoms with Crippen LogP contribution >= 0.6 is 0 Å². The van der Waals surface area contributed by atoms with Crippen LogP contribution in [0, 0.1) is 0 Å². The Balaban J connectivity index is 2.93. The Morgan fingerprint density at radius 2 is 1.65 bits per heavy atom. The highest BCUT2D eigenvalue weighted by Crippen LogP contribution is 2.32. The molecule has 17 heavy (non-hydrogen) atoms. The molecule has 1 aliphatic heterocycles. The Bertz CT molecular complexity index is 232. The zero-order valence-electron chi connectivity index (χ0n) is 11.0. The van der Waals surface area contributed by atoms with Crippen LogP contribution in [0.2, 0.25) is 0 Å². The van der Waals surface area contributed by atoms with Crippen molar-refractivity contribution < 1.29 is 28.8 Å². The van der Waals surface area contributed by atoms with Gasteiger partial charge in [0.05, 0.1) is 6.61 Å². The molecule has 1 aliphatic rings. The van der Waals surface area contributed by atoms with Gasteiger partial charge in [0.2, 0.25) is 0 Å². The van der Waals surface area contributed by atoms with Crippen LogP contribution in [-0.4, -0.2) is 70.4 Å². The van der Waals surface area contributed by atoms with E-state index in [2.05, 4.69) is 0 Å². The fourth-order valence-electron chi connectivity index (χ4n) is 2.32. The first kappa shape index (κ1) is 14.8. The summed E-state index contributed by atoms with van der Waals surface area (Å²) in [5.41, 5.74) is 0. The lowest BCUT2D eigenvalue weighted by Crippen LogP contribution is -2.65. The second kappa shape index (κ2) is 6.08. The molecule has 0 spiro atoms. The summed E-state index contributed by atoms with van der Waals surface area (Å²) in [6, 6.07) is 0. The second-order valence-electron chi connectivity index (χ2n) is 4.22. The molecule has 102 valence electrons. The van der Waals surface area contributed by atoms with Gasteiger partial charge in [0.15, 0.2) is 5.79 Å². The minimum absolute atomic E-state index is 0.310. The Labute approximate surface area is 102 Å². The molecule has 0 unspecified atom stereocenters. The van der Waals surface area contributed by atoms with Gasteiger partial charge in [-0.3, -0.25) is 0 Å². The molecule has 0 radical (unpaired) electrons. The van der Waals surface area contributed by atoms with E-state index in [0.717, 1.165) is 0 Å². The van der Waals surface area contributed by atoms with E-state index in [1.54, 1.807) is 28.3 Å². The van der Waals surface area contributed by atoms with Gasteiger partial charge in [-0.2, -0.15) is 0 Å². The summed E-state index contributed by atoms with van der Waals surface area (Å²) >= 11 is 0. The van der Waals surface area contributed by atoms with Crippen LogP contribution in [-0.2, 0) is 23.7 Å². The molecule has 1 saturated heterocycles. The summed E-state index contributed by atoms with van der Waals surface area (Å²) in [4.78, 5) is 0. The molecular formula is C11H22O6. The van der Waals surface area contributed by atoms with Gasteiger partial charge in [0.25, 0.3) is 0 Å². The van der Waals surface area contributed by atoms with Crippen molar-refractivity contribution in [1.82, 2.24) is 0 Å². The van der Waals surface area contributed by atoms with Gasteiger partial charge in [-0.15, -0.1) is 0 Å². The molecule has 0 bridgehead atoms. The fourth-order valence-corrected chi connectivity index (χ4v) is 2.32. The third kappa shape index (κ3) is 2.96. The monoisotopic (exact) mass is 250 g/mol. The maximum absolute atomic E-state index is 10.2. The Kier molecular flexibility index (Phi) is 5.30. The van der Waals surface area contributed by atoms with Crippen LogP contribution in [0.3, 0.4) is 0 Å². The van der Waals surface area contributed by atoms with E-state index < -0.39 is 24.1 Å². The summed E-state index contributed by atoms with van der Waals surface area (Å²) in [7, 11) is 6.18. The molecule has 0 aromatic carbocycles. The normalized spacial score (nSPS) is 42.7. The van der Waals surface area contributed by atoms with E-state index in [4.69, 9.17) is 23.7 Å². The Morgan fingerprint density at radius 3 is 2.06 bits per heavy atom. The van der Waals surface area contributed by atoms with Gasteiger partial charge >= 0.3 is 0 Å². The predicted molar refractivity (Wildman–Crippen MR) is 59.8 cm³/mol. The lowest BCUT2D eigenvalue weighted by molar-refractivity contribution is -0.351. The summed E-state index contributed by atoms with van der Waals surface area (Å²) in [5, 5.41) is 10.2.